The largest absolute Gasteiger partial charge is 0.358 e. The van der Waals surface area contributed by atoms with E-state index in [2.05, 4.69) is 34.9 Å². The highest BCUT2D eigenvalue weighted by Crippen LogP contribution is 2.20. The number of likely N-dealkylation sites (N-methyl/N-ethyl adjacent to an activating group) is 2. The van der Waals surface area contributed by atoms with E-state index in [1.54, 1.807) is 0 Å². The Morgan fingerprint density at radius 2 is 2.39 bits per heavy atom. The zero-order valence-corrected chi connectivity index (χ0v) is 11.6. The molecule has 2 unspecified atom stereocenters. The van der Waals surface area contributed by atoms with Crippen molar-refractivity contribution in [2.24, 2.45) is 5.73 Å². The van der Waals surface area contributed by atoms with Gasteiger partial charge in [0.2, 0.25) is 0 Å². The molecule has 1 aliphatic rings. The number of hydrogen-bond acceptors (Lipinski definition) is 4. The molecule has 18 heavy (non-hydrogen) atoms. The minimum absolute atomic E-state index is 0.0642. The number of aromatic nitrogens is 1. The van der Waals surface area contributed by atoms with Crippen LogP contribution in [0.25, 0.3) is 0 Å². The van der Waals surface area contributed by atoms with Crippen LogP contribution in [0.2, 0.25) is 0 Å². The second-order valence-electron chi connectivity index (χ2n) is 5.39. The van der Waals surface area contributed by atoms with Gasteiger partial charge in [-0.15, -0.1) is 0 Å². The normalized spacial score (nSPS) is 22.1. The van der Waals surface area contributed by atoms with Gasteiger partial charge in [0.25, 0.3) is 0 Å². The first-order chi connectivity index (χ1) is 8.58. The van der Waals surface area contributed by atoms with Gasteiger partial charge in [0, 0.05) is 31.9 Å². The molecule has 0 aromatic carbocycles. The Morgan fingerprint density at radius 1 is 1.61 bits per heavy atom. The van der Waals surface area contributed by atoms with Gasteiger partial charge in [-0.05, 0) is 51.1 Å². The van der Waals surface area contributed by atoms with Crippen molar-refractivity contribution in [3.05, 3.63) is 23.9 Å². The summed E-state index contributed by atoms with van der Waals surface area (Å²) in [5.74, 6) is 1.02. The lowest BCUT2D eigenvalue weighted by Gasteiger charge is -2.27. The molecular weight excluding hydrogens is 224 g/mol. The molecule has 2 heterocycles. The SMILES string of the molecule is CC(N)c1ccnc(N(C)CC2CCCN2C)c1. The van der Waals surface area contributed by atoms with Crippen molar-refractivity contribution in [3.8, 4) is 0 Å². The van der Waals surface area contributed by atoms with Crippen LogP contribution in [-0.2, 0) is 0 Å². The highest BCUT2D eigenvalue weighted by molar-refractivity contribution is 5.41. The minimum Gasteiger partial charge on any atom is -0.358 e. The van der Waals surface area contributed by atoms with E-state index in [0.717, 1.165) is 17.9 Å². The molecule has 1 aromatic rings. The molecule has 4 nitrogen and oxygen atoms in total. The highest BCUT2D eigenvalue weighted by Gasteiger charge is 2.22. The lowest BCUT2D eigenvalue weighted by molar-refractivity contribution is 0.314. The second kappa shape index (κ2) is 5.67. The van der Waals surface area contributed by atoms with Gasteiger partial charge in [0.1, 0.15) is 5.82 Å². The molecule has 2 rings (SSSR count). The lowest BCUT2D eigenvalue weighted by atomic mass is 10.1. The predicted molar refractivity (Wildman–Crippen MR) is 75.8 cm³/mol. The molecule has 0 aliphatic carbocycles. The monoisotopic (exact) mass is 248 g/mol. The highest BCUT2D eigenvalue weighted by atomic mass is 15.2. The Bertz CT molecular complexity index is 391. The Balaban J connectivity index is 2.04. The number of pyridine rings is 1. The van der Waals surface area contributed by atoms with Crippen molar-refractivity contribution in [2.45, 2.75) is 31.8 Å². The minimum atomic E-state index is 0.0642. The molecule has 1 fully saturated rings. The maximum absolute atomic E-state index is 5.91. The maximum atomic E-state index is 5.91. The first-order valence-corrected chi connectivity index (χ1v) is 6.71. The van der Waals surface area contributed by atoms with E-state index < -0.39 is 0 Å². The molecule has 0 saturated carbocycles. The maximum Gasteiger partial charge on any atom is 0.128 e. The summed E-state index contributed by atoms with van der Waals surface area (Å²) >= 11 is 0. The average molecular weight is 248 g/mol. The Labute approximate surface area is 110 Å². The molecule has 0 spiro atoms. The topological polar surface area (TPSA) is 45.4 Å². The molecule has 1 aromatic heterocycles. The van der Waals surface area contributed by atoms with Crippen molar-refractivity contribution in [1.29, 1.82) is 0 Å². The Morgan fingerprint density at radius 3 is 3.00 bits per heavy atom. The number of nitrogens with two attached hydrogens (primary N) is 1. The summed E-state index contributed by atoms with van der Waals surface area (Å²) < 4.78 is 0. The van der Waals surface area contributed by atoms with Crippen molar-refractivity contribution in [3.63, 3.8) is 0 Å². The van der Waals surface area contributed by atoms with Crippen LogP contribution in [0.4, 0.5) is 5.82 Å². The summed E-state index contributed by atoms with van der Waals surface area (Å²) in [6.07, 6.45) is 4.44. The van der Waals surface area contributed by atoms with E-state index in [0.29, 0.717) is 6.04 Å². The summed E-state index contributed by atoms with van der Waals surface area (Å²) in [5, 5.41) is 0. The second-order valence-corrected chi connectivity index (χ2v) is 5.39. The summed E-state index contributed by atoms with van der Waals surface area (Å²) in [5.41, 5.74) is 7.06. The Hall–Kier alpha value is -1.13. The average Bonchev–Trinajstić information content (AvgIpc) is 2.75. The van der Waals surface area contributed by atoms with Gasteiger partial charge in [0.05, 0.1) is 0 Å². The van der Waals surface area contributed by atoms with E-state index in [-0.39, 0.29) is 6.04 Å². The quantitative estimate of drug-likeness (QED) is 0.879. The summed E-state index contributed by atoms with van der Waals surface area (Å²) in [6, 6.07) is 4.80. The fraction of sp³-hybridized carbons (Fsp3) is 0.643. The van der Waals surface area contributed by atoms with Gasteiger partial charge >= 0.3 is 0 Å². The van der Waals surface area contributed by atoms with Crippen LogP contribution >= 0.6 is 0 Å². The van der Waals surface area contributed by atoms with Crippen LogP contribution in [0.3, 0.4) is 0 Å². The fourth-order valence-corrected chi connectivity index (χ4v) is 2.55. The van der Waals surface area contributed by atoms with Gasteiger partial charge < -0.3 is 15.5 Å². The molecule has 100 valence electrons. The zero-order valence-electron chi connectivity index (χ0n) is 11.6. The van der Waals surface area contributed by atoms with Gasteiger partial charge in [-0.3, -0.25) is 0 Å². The molecule has 2 N–H and O–H groups in total. The lowest BCUT2D eigenvalue weighted by Crippen LogP contribution is -2.37. The molecule has 0 radical (unpaired) electrons. The van der Waals surface area contributed by atoms with Gasteiger partial charge in [0.15, 0.2) is 0 Å². The summed E-state index contributed by atoms with van der Waals surface area (Å²) in [6.45, 7) is 4.25. The zero-order chi connectivity index (χ0) is 13.1. The van der Waals surface area contributed by atoms with Crippen molar-refractivity contribution in [2.75, 3.05) is 32.1 Å². The van der Waals surface area contributed by atoms with E-state index in [4.69, 9.17) is 5.73 Å². The van der Waals surface area contributed by atoms with Crippen molar-refractivity contribution in [1.82, 2.24) is 9.88 Å². The summed E-state index contributed by atoms with van der Waals surface area (Å²) in [7, 11) is 4.32. The van der Waals surface area contributed by atoms with E-state index in [1.807, 2.05) is 19.2 Å². The van der Waals surface area contributed by atoms with Gasteiger partial charge in [-0.25, -0.2) is 4.98 Å². The van der Waals surface area contributed by atoms with Crippen LogP contribution in [0.15, 0.2) is 18.3 Å². The number of anilines is 1. The van der Waals surface area contributed by atoms with Crippen LogP contribution in [0.5, 0.6) is 0 Å². The third-order valence-corrected chi connectivity index (χ3v) is 3.84. The molecule has 2 atom stereocenters. The van der Waals surface area contributed by atoms with Gasteiger partial charge in [-0.1, -0.05) is 0 Å². The predicted octanol–water partition coefficient (Wildman–Crippen LogP) is 1.63. The van der Waals surface area contributed by atoms with Crippen LogP contribution < -0.4 is 10.6 Å². The summed E-state index contributed by atoms with van der Waals surface area (Å²) in [4.78, 5) is 9.11. The molecule has 4 heteroatoms. The van der Waals surface area contributed by atoms with E-state index in [1.165, 1.54) is 19.4 Å². The first-order valence-electron chi connectivity index (χ1n) is 6.71. The molecule has 1 aliphatic heterocycles. The molecule has 0 bridgehead atoms. The fourth-order valence-electron chi connectivity index (χ4n) is 2.55. The number of hydrogen-bond donors (Lipinski definition) is 1. The number of nitrogens with zero attached hydrogens (tertiary/aromatic N) is 3. The van der Waals surface area contributed by atoms with E-state index in [9.17, 15) is 0 Å². The van der Waals surface area contributed by atoms with Crippen LogP contribution in [0.1, 0.15) is 31.4 Å². The van der Waals surface area contributed by atoms with Gasteiger partial charge in [-0.2, -0.15) is 0 Å². The Kier molecular flexibility index (Phi) is 4.19. The number of likely N-dealkylation sites (tertiary alicyclic amines) is 1. The van der Waals surface area contributed by atoms with E-state index >= 15 is 0 Å². The third kappa shape index (κ3) is 3.00. The smallest absolute Gasteiger partial charge is 0.128 e. The van der Waals surface area contributed by atoms with Crippen molar-refractivity contribution < 1.29 is 0 Å². The van der Waals surface area contributed by atoms with Crippen LogP contribution in [-0.4, -0.2) is 43.1 Å². The standard InChI is InChI=1S/C14H24N4/c1-11(15)12-6-7-16-14(9-12)18(3)10-13-5-4-8-17(13)2/h6-7,9,11,13H,4-5,8,10,15H2,1-3H3. The van der Waals surface area contributed by atoms with Crippen molar-refractivity contribution >= 4 is 5.82 Å². The molecule has 0 amide bonds. The first kappa shape index (κ1) is 13.3. The number of rotatable bonds is 4. The molecular formula is C14H24N4. The van der Waals surface area contributed by atoms with Crippen LogP contribution in [0, 0.1) is 0 Å². The molecule has 1 saturated heterocycles. The third-order valence-electron chi connectivity index (χ3n) is 3.84.